The molecule has 0 spiro atoms. The van der Waals surface area contributed by atoms with Gasteiger partial charge in [0.25, 0.3) is 5.91 Å². The summed E-state index contributed by atoms with van der Waals surface area (Å²) < 4.78 is 0. The molecule has 0 fully saturated rings. The predicted octanol–water partition coefficient (Wildman–Crippen LogP) is 0.549. The lowest BCUT2D eigenvalue weighted by atomic mass is 10.1. The van der Waals surface area contributed by atoms with Gasteiger partial charge >= 0.3 is 5.69 Å². The van der Waals surface area contributed by atoms with Crippen LogP contribution < -0.4 is 11.0 Å². The number of carbonyl (C=O) groups excluding carboxylic acids is 1. The molecule has 1 rings (SSSR count). The van der Waals surface area contributed by atoms with Crippen LogP contribution in [0.25, 0.3) is 0 Å². The van der Waals surface area contributed by atoms with E-state index in [1.165, 1.54) is 11.8 Å². The van der Waals surface area contributed by atoms with E-state index in [1.807, 2.05) is 6.92 Å². The zero-order chi connectivity index (χ0) is 14.4. The molecule has 19 heavy (non-hydrogen) atoms. The average Bonchev–Trinajstić information content (AvgIpc) is 2.35. The zero-order valence-electron chi connectivity index (χ0n) is 11.3. The molecule has 0 aromatic carbocycles. The molecular formula is C12H19N3O3S. The summed E-state index contributed by atoms with van der Waals surface area (Å²) in [4.78, 5) is 29.7. The molecule has 1 heterocycles. The fraction of sp³-hybridized carbons (Fsp3) is 0.583. The van der Waals surface area contributed by atoms with Gasteiger partial charge in [0.2, 0.25) is 0 Å². The largest absolute Gasteiger partial charge is 0.396 e. The summed E-state index contributed by atoms with van der Waals surface area (Å²) in [6, 6.07) is 0. The van der Waals surface area contributed by atoms with Gasteiger partial charge < -0.3 is 15.4 Å². The first-order valence-electron chi connectivity index (χ1n) is 6.03. The van der Waals surface area contributed by atoms with Gasteiger partial charge in [-0.25, -0.2) is 4.79 Å². The zero-order valence-corrected chi connectivity index (χ0v) is 12.1. The van der Waals surface area contributed by atoms with Crippen molar-refractivity contribution < 1.29 is 9.90 Å². The first-order valence-corrected chi connectivity index (χ1v) is 7.26. The number of aromatic amines is 1. The number of carbonyl (C=O) groups is 1. The average molecular weight is 285 g/mol. The molecule has 0 saturated carbocycles. The highest BCUT2D eigenvalue weighted by atomic mass is 32.2. The van der Waals surface area contributed by atoms with Crippen LogP contribution in [0.1, 0.15) is 29.4 Å². The molecule has 1 atom stereocenters. The highest BCUT2D eigenvalue weighted by molar-refractivity contribution is 7.98. The van der Waals surface area contributed by atoms with Gasteiger partial charge in [0.1, 0.15) is 5.03 Å². The Balaban J connectivity index is 2.85. The van der Waals surface area contributed by atoms with Crippen LogP contribution in [0.15, 0.2) is 9.82 Å². The number of aliphatic hydroxyl groups excluding tert-OH is 1. The smallest absolute Gasteiger partial charge is 0.346 e. The first kappa shape index (κ1) is 15.7. The Morgan fingerprint density at radius 3 is 2.84 bits per heavy atom. The third-order valence-electron chi connectivity index (χ3n) is 2.74. The quantitative estimate of drug-likeness (QED) is 0.524. The number of rotatable bonds is 6. The highest BCUT2D eigenvalue weighted by Crippen LogP contribution is 2.17. The summed E-state index contributed by atoms with van der Waals surface area (Å²) in [5.74, 6) is -0.0573. The third-order valence-corrected chi connectivity index (χ3v) is 3.42. The Morgan fingerprint density at radius 1 is 1.58 bits per heavy atom. The summed E-state index contributed by atoms with van der Waals surface area (Å²) in [5.41, 5.74) is 0.465. The van der Waals surface area contributed by atoms with Crippen LogP contribution in [0.5, 0.6) is 0 Å². The van der Waals surface area contributed by atoms with Gasteiger partial charge in [-0.2, -0.15) is 4.98 Å². The fourth-order valence-corrected chi connectivity index (χ4v) is 2.28. The second-order valence-corrected chi connectivity index (χ2v) is 5.17. The molecule has 0 saturated heterocycles. The maximum absolute atomic E-state index is 12.1. The molecule has 0 bridgehead atoms. The van der Waals surface area contributed by atoms with Crippen molar-refractivity contribution in [2.75, 3.05) is 19.4 Å². The van der Waals surface area contributed by atoms with Crippen molar-refractivity contribution >= 4 is 17.7 Å². The molecule has 0 aliphatic rings. The number of H-pyrrole nitrogens is 1. The molecule has 0 aliphatic heterocycles. The number of aromatic nitrogens is 2. The summed E-state index contributed by atoms with van der Waals surface area (Å²) >= 11 is 1.26. The molecular weight excluding hydrogens is 266 g/mol. The topological polar surface area (TPSA) is 95.1 Å². The van der Waals surface area contributed by atoms with Crippen molar-refractivity contribution in [3.8, 4) is 0 Å². The van der Waals surface area contributed by atoms with Crippen LogP contribution >= 0.6 is 11.8 Å². The van der Waals surface area contributed by atoms with E-state index in [9.17, 15) is 9.59 Å². The van der Waals surface area contributed by atoms with E-state index in [0.29, 0.717) is 29.2 Å². The molecule has 0 radical (unpaired) electrons. The van der Waals surface area contributed by atoms with Gasteiger partial charge in [0.05, 0.1) is 5.56 Å². The van der Waals surface area contributed by atoms with Crippen molar-refractivity contribution in [1.29, 1.82) is 0 Å². The van der Waals surface area contributed by atoms with E-state index in [0.717, 1.165) is 0 Å². The number of nitrogens with zero attached hydrogens (tertiary/aromatic N) is 1. The van der Waals surface area contributed by atoms with E-state index >= 15 is 0 Å². The first-order chi connectivity index (χ1) is 8.99. The number of aryl methyl sites for hydroxylation is 1. The fourth-order valence-electron chi connectivity index (χ4n) is 1.65. The number of aliphatic hydroxyl groups is 1. The van der Waals surface area contributed by atoms with Gasteiger partial charge in [-0.1, -0.05) is 6.92 Å². The van der Waals surface area contributed by atoms with E-state index in [4.69, 9.17) is 5.11 Å². The van der Waals surface area contributed by atoms with Gasteiger partial charge in [-0.3, -0.25) is 4.79 Å². The lowest BCUT2D eigenvalue weighted by Crippen LogP contribution is -2.31. The number of amides is 1. The minimum atomic E-state index is -0.452. The number of hydrogen-bond donors (Lipinski definition) is 3. The molecule has 1 aromatic heterocycles. The summed E-state index contributed by atoms with van der Waals surface area (Å²) in [7, 11) is 0. The van der Waals surface area contributed by atoms with Crippen molar-refractivity contribution in [3.05, 3.63) is 21.7 Å². The molecule has 1 unspecified atom stereocenters. The van der Waals surface area contributed by atoms with Gasteiger partial charge in [0, 0.05) is 18.8 Å². The Labute approximate surface area is 116 Å². The van der Waals surface area contributed by atoms with Gasteiger partial charge in [0.15, 0.2) is 0 Å². The van der Waals surface area contributed by atoms with Crippen LogP contribution in [0.2, 0.25) is 0 Å². The number of thioether (sulfide) groups is 1. The molecule has 7 heteroatoms. The lowest BCUT2D eigenvalue weighted by molar-refractivity contribution is 0.0940. The van der Waals surface area contributed by atoms with E-state index in [2.05, 4.69) is 15.3 Å². The standard InChI is InChI=1S/C12H19N3O3S/c1-7(4-5-16)6-13-10(17)9-8(2)14-12(18)15-11(9)19-3/h7,16H,4-6H2,1-3H3,(H,13,17)(H,14,15,18). The van der Waals surface area contributed by atoms with Crippen molar-refractivity contribution in [2.45, 2.75) is 25.3 Å². The van der Waals surface area contributed by atoms with Crippen LogP contribution in [-0.2, 0) is 0 Å². The third kappa shape index (κ3) is 4.36. The molecule has 3 N–H and O–H groups in total. The van der Waals surface area contributed by atoms with E-state index in [-0.39, 0.29) is 18.4 Å². The highest BCUT2D eigenvalue weighted by Gasteiger charge is 2.17. The lowest BCUT2D eigenvalue weighted by Gasteiger charge is -2.13. The van der Waals surface area contributed by atoms with Crippen LogP contribution in [0.3, 0.4) is 0 Å². The van der Waals surface area contributed by atoms with Crippen LogP contribution in [0.4, 0.5) is 0 Å². The normalized spacial score (nSPS) is 12.2. The molecule has 106 valence electrons. The van der Waals surface area contributed by atoms with Gasteiger partial charge in [-0.05, 0) is 25.5 Å². The monoisotopic (exact) mass is 285 g/mol. The van der Waals surface area contributed by atoms with E-state index < -0.39 is 5.69 Å². The Morgan fingerprint density at radius 2 is 2.26 bits per heavy atom. The number of nitrogens with one attached hydrogen (secondary N) is 2. The minimum Gasteiger partial charge on any atom is -0.396 e. The minimum absolute atomic E-state index is 0.104. The molecule has 1 aromatic rings. The van der Waals surface area contributed by atoms with Crippen molar-refractivity contribution in [1.82, 2.24) is 15.3 Å². The van der Waals surface area contributed by atoms with Gasteiger partial charge in [-0.15, -0.1) is 11.8 Å². The SMILES string of the molecule is CSc1nc(=O)[nH]c(C)c1C(=O)NCC(C)CCO. The number of hydrogen-bond acceptors (Lipinski definition) is 5. The maximum Gasteiger partial charge on any atom is 0.346 e. The van der Waals surface area contributed by atoms with Crippen molar-refractivity contribution in [3.63, 3.8) is 0 Å². The van der Waals surface area contributed by atoms with E-state index in [1.54, 1.807) is 13.2 Å². The Kier molecular flexibility index (Phi) is 6.04. The predicted molar refractivity (Wildman–Crippen MR) is 74.6 cm³/mol. The van der Waals surface area contributed by atoms with Crippen molar-refractivity contribution in [2.24, 2.45) is 5.92 Å². The summed E-state index contributed by atoms with van der Waals surface area (Å²) in [5, 5.41) is 12.0. The summed E-state index contributed by atoms with van der Waals surface area (Å²) in [6.45, 7) is 4.21. The molecule has 6 nitrogen and oxygen atoms in total. The molecule has 1 amide bonds. The Hall–Kier alpha value is -1.34. The van der Waals surface area contributed by atoms with Crippen LogP contribution in [0, 0.1) is 12.8 Å². The summed E-state index contributed by atoms with van der Waals surface area (Å²) in [6.07, 6.45) is 2.41. The second kappa shape index (κ2) is 7.30. The molecule has 0 aliphatic carbocycles. The Bertz CT molecular complexity index is 501. The second-order valence-electron chi connectivity index (χ2n) is 4.38. The van der Waals surface area contributed by atoms with Crippen LogP contribution in [-0.4, -0.2) is 40.4 Å². The maximum atomic E-state index is 12.1.